The Kier molecular flexibility index (Phi) is 5.42. The molecule has 1 N–H and O–H groups in total. The van der Waals surface area contributed by atoms with E-state index in [1.807, 2.05) is 12.1 Å². The summed E-state index contributed by atoms with van der Waals surface area (Å²) in [6, 6.07) is 9.26. The van der Waals surface area contributed by atoms with Crippen molar-refractivity contribution in [2.45, 2.75) is 6.04 Å². The summed E-state index contributed by atoms with van der Waals surface area (Å²) in [6.45, 7) is 3.11. The second-order valence-corrected chi connectivity index (χ2v) is 5.70. The molecule has 1 fully saturated rings. The quantitative estimate of drug-likeness (QED) is 0.635. The van der Waals surface area contributed by atoms with Gasteiger partial charge in [-0.25, -0.2) is 0 Å². The topological polar surface area (TPSA) is 97.9 Å². The third-order valence-electron chi connectivity index (χ3n) is 4.13. The van der Waals surface area contributed by atoms with Crippen LogP contribution in [0.1, 0.15) is 22.2 Å². The van der Waals surface area contributed by atoms with Crippen LogP contribution in [0.25, 0.3) is 0 Å². The van der Waals surface area contributed by atoms with Crippen LogP contribution in [0.2, 0.25) is 0 Å². The Morgan fingerprint density at radius 3 is 2.76 bits per heavy atom. The standard InChI is InChI=1S/C17H19N3O5/c21-17(13-3-1-4-14(11-13)20(22)23)18-12-15(16-5-2-8-25-16)19-6-9-24-10-7-19/h1-5,8,11,15H,6-7,9-10,12H2,(H,18,21)/t15-/m1/s1. The maximum Gasteiger partial charge on any atom is 0.270 e. The zero-order valence-corrected chi connectivity index (χ0v) is 13.6. The Morgan fingerprint density at radius 1 is 1.28 bits per heavy atom. The van der Waals surface area contributed by atoms with Crippen molar-refractivity contribution in [1.29, 1.82) is 0 Å². The molecule has 3 rings (SSSR count). The van der Waals surface area contributed by atoms with E-state index in [1.54, 1.807) is 12.3 Å². The Bertz CT molecular complexity index is 726. The van der Waals surface area contributed by atoms with Crippen LogP contribution in [0.5, 0.6) is 0 Å². The molecule has 1 atom stereocenters. The average Bonchev–Trinajstić information content (AvgIpc) is 3.17. The van der Waals surface area contributed by atoms with Gasteiger partial charge in [-0.05, 0) is 18.2 Å². The van der Waals surface area contributed by atoms with E-state index in [-0.39, 0.29) is 23.2 Å². The molecule has 1 amide bonds. The minimum absolute atomic E-state index is 0.108. The highest BCUT2D eigenvalue weighted by Crippen LogP contribution is 2.22. The number of furan rings is 1. The summed E-state index contributed by atoms with van der Waals surface area (Å²) in [5.41, 5.74) is 0.151. The van der Waals surface area contributed by atoms with Crippen molar-refractivity contribution in [2.24, 2.45) is 0 Å². The molecule has 25 heavy (non-hydrogen) atoms. The number of benzene rings is 1. The van der Waals surface area contributed by atoms with Crippen molar-refractivity contribution in [3.05, 3.63) is 64.1 Å². The van der Waals surface area contributed by atoms with Crippen molar-refractivity contribution in [1.82, 2.24) is 10.2 Å². The number of nitrogens with zero attached hydrogens (tertiary/aromatic N) is 2. The largest absolute Gasteiger partial charge is 0.468 e. The monoisotopic (exact) mass is 345 g/mol. The van der Waals surface area contributed by atoms with Crippen LogP contribution in [-0.2, 0) is 4.74 Å². The minimum atomic E-state index is -0.518. The highest BCUT2D eigenvalue weighted by atomic mass is 16.6. The average molecular weight is 345 g/mol. The van der Waals surface area contributed by atoms with Crippen LogP contribution in [0.3, 0.4) is 0 Å². The van der Waals surface area contributed by atoms with Gasteiger partial charge in [-0.15, -0.1) is 0 Å². The van der Waals surface area contributed by atoms with Gasteiger partial charge in [-0.3, -0.25) is 19.8 Å². The molecule has 0 unspecified atom stereocenters. The molecular formula is C17H19N3O5. The van der Waals surface area contributed by atoms with Gasteiger partial charge in [0.25, 0.3) is 11.6 Å². The first kappa shape index (κ1) is 17.1. The number of nitrogens with one attached hydrogen (secondary N) is 1. The molecule has 0 aliphatic carbocycles. The van der Waals surface area contributed by atoms with Gasteiger partial charge in [0.1, 0.15) is 5.76 Å². The third kappa shape index (κ3) is 4.23. The number of nitro benzene ring substituents is 1. The number of nitro groups is 1. The summed E-state index contributed by atoms with van der Waals surface area (Å²) in [5, 5.41) is 13.7. The van der Waals surface area contributed by atoms with E-state index in [0.717, 1.165) is 18.8 Å². The maximum absolute atomic E-state index is 12.4. The molecule has 0 radical (unpaired) electrons. The zero-order chi connectivity index (χ0) is 17.6. The number of ether oxygens (including phenoxy) is 1. The molecule has 1 aliphatic rings. The molecule has 8 nitrogen and oxygen atoms in total. The second-order valence-electron chi connectivity index (χ2n) is 5.70. The molecule has 1 aromatic carbocycles. The fraction of sp³-hybridized carbons (Fsp3) is 0.353. The van der Waals surface area contributed by atoms with Crippen molar-refractivity contribution in [3.63, 3.8) is 0 Å². The van der Waals surface area contributed by atoms with Gasteiger partial charge in [0.2, 0.25) is 0 Å². The van der Waals surface area contributed by atoms with Crippen LogP contribution < -0.4 is 5.32 Å². The molecule has 1 saturated heterocycles. The number of carbonyl (C=O) groups is 1. The van der Waals surface area contributed by atoms with Crippen LogP contribution in [0, 0.1) is 10.1 Å². The second kappa shape index (κ2) is 7.91. The Morgan fingerprint density at radius 2 is 2.08 bits per heavy atom. The van der Waals surface area contributed by atoms with E-state index in [2.05, 4.69) is 10.2 Å². The fourth-order valence-corrected chi connectivity index (χ4v) is 2.83. The van der Waals surface area contributed by atoms with E-state index in [1.165, 1.54) is 18.2 Å². The van der Waals surface area contributed by atoms with Crippen molar-refractivity contribution >= 4 is 11.6 Å². The molecule has 0 saturated carbocycles. The van der Waals surface area contributed by atoms with Crippen molar-refractivity contribution < 1.29 is 18.9 Å². The Labute approximate surface area is 144 Å². The highest BCUT2D eigenvalue weighted by molar-refractivity contribution is 5.94. The van der Waals surface area contributed by atoms with E-state index in [4.69, 9.17) is 9.15 Å². The summed E-state index contributed by atoms with van der Waals surface area (Å²) in [6.07, 6.45) is 1.60. The molecular weight excluding hydrogens is 326 g/mol. The summed E-state index contributed by atoms with van der Waals surface area (Å²) in [5.74, 6) is 0.412. The maximum atomic E-state index is 12.4. The summed E-state index contributed by atoms with van der Waals surface area (Å²) >= 11 is 0. The number of non-ortho nitro benzene ring substituents is 1. The molecule has 1 aliphatic heterocycles. The highest BCUT2D eigenvalue weighted by Gasteiger charge is 2.25. The lowest BCUT2D eigenvalue weighted by molar-refractivity contribution is -0.384. The normalized spacial score (nSPS) is 16.3. The number of hydrogen-bond donors (Lipinski definition) is 1. The summed E-state index contributed by atoms with van der Waals surface area (Å²) in [4.78, 5) is 24.9. The number of hydrogen-bond acceptors (Lipinski definition) is 6. The van der Waals surface area contributed by atoms with Gasteiger partial charge in [0.15, 0.2) is 0 Å². The van der Waals surface area contributed by atoms with E-state index in [0.29, 0.717) is 19.8 Å². The van der Waals surface area contributed by atoms with Crippen molar-refractivity contribution in [3.8, 4) is 0 Å². The molecule has 1 aromatic heterocycles. The minimum Gasteiger partial charge on any atom is -0.468 e. The molecule has 8 heteroatoms. The molecule has 0 bridgehead atoms. The van der Waals surface area contributed by atoms with Gasteiger partial charge in [0, 0.05) is 37.3 Å². The first-order valence-corrected chi connectivity index (χ1v) is 8.03. The molecule has 132 valence electrons. The fourth-order valence-electron chi connectivity index (χ4n) is 2.83. The van der Waals surface area contributed by atoms with Crippen LogP contribution in [-0.4, -0.2) is 48.6 Å². The smallest absolute Gasteiger partial charge is 0.270 e. The van der Waals surface area contributed by atoms with Gasteiger partial charge in [-0.1, -0.05) is 6.07 Å². The number of amides is 1. The lowest BCUT2D eigenvalue weighted by Gasteiger charge is -2.33. The predicted octanol–water partition coefficient (Wildman–Crippen LogP) is 1.99. The van der Waals surface area contributed by atoms with Gasteiger partial charge in [0.05, 0.1) is 30.4 Å². The Balaban J connectivity index is 1.69. The molecule has 0 spiro atoms. The lowest BCUT2D eigenvalue weighted by atomic mass is 10.1. The van der Waals surface area contributed by atoms with E-state index < -0.39 is 4.92 Å². The van der Waals surface area contributed by atoms with Crippen molar-refractivity contribution in [2.75, 3.05) is 32.8 Å². The van der Waals surface area contributed by atoms with E-state index >= 15 is 0 Å². The number of rotatable bonds is 6. The van der Waals surface area contributed by atoms with E-state index in [9.17, 15) is 14.9 Å². The molecule has 2 heterocycles. The summed E-state index contributed by atoms with van der Waals surface area (Å²) < 4.78 is 10.9. The lowest BCUT2D eigenvalue weighted by Crippen LogP contribution is -2.43. The SMILES string of the molecule is O=C(NC[C@H](c1ccco1)N1CCOCC1)c1cccc([N+](=O)[O-])c1. The molecule has 2 aromatic rings. The Hall–Kier alpha value is -2.71. The zero-order valence-electron chi connectivity index (χ0n) is 13.6. The first-order chi connectivity index (χ1) is 12.1. The van der Waals surface area contributed by atoms with Gasteiger partial charge in [-0.2, -0.15) is 0 Å². The van der Waals surface area contributed by atoms with Crippen LogP contribution in [0.15, 0.2) is 47.1 Å². The number of morpholine rings is 1. The first-order valence-electron chi connectivity index (χ1n) is 8.03. The van der Waals surface area contributed by atoms with Crippen LogP contribution in [0.4, 0.5) is 5.69 Å². The van der Waals surface area contributed by atoms with Crippen LogP contribution >= 0.6 is 0 Å². The van der Waals surface area contributed by atoms with Gasteiger partial charge >= 0.3 is 0 Å². The number of carbonyl (C=O) groups excluding carboxylic acids is 1. The summed E-state index contributed by atoms with van der Waals surface area (Å²) in [7, 11) is 0. The third-order valence-corrected chi connectivity index (χ3v) is 4.13. The predicted molar refractivity (Wildman–Crippen MR) is 89.3 cm³/mol. The van der Waals surface area contributed by atoms with Gasteiger partial charge < -0.3 is 14.5 Å².